The number of unbranched alkanes of at least 4 members (excludes halogenated alkanes) is 24. The average Bonchev–Trinajstić information content (AvgIpc) is 3.33. The van der Waals surface area contributed by atoms with E-state index < -0.39 is 92.7 Å². The minimum Gasteiger partial charge on any atom is -0.462 e. The Hall–Kier alpha value is -2.02. The first-order chi connectivity index (χ1) is 33.0. The second-order valence-electron chi connectivity index (χ2n) is 19.0. The van der Waals surface area contributed by atoms with E-state index in [1.165, 1.54) is 116 Å². The third kappa shape index (κ3) is 28.1. The molecule has 15 nitrogen and oxygen atoms in total. The van der Waals surface area contributed by atoms with E-state index in [0.717, 1.165) is 51.4 Å². The van der Waals surface area contributed by atoms with Gasteiger partial charge in [-0.3, -0.25) is 9.59 Å². The maximum atomic E-state index is 13.0. The lowest BCUT2D eigenvalue weighted by Gasteiger charge is -2.42. The summed E-state index contributed by atoms with van der Waals surface area (Å²) in [5, 5.41) is 72.1. The average molecular weight is 973 g/mol. The monoisotopic (exact) mass is 973 g/mol. The summed E-state index contributed by atoms with van der Waals surface area (Å²) in [7, 11) is 0. The van der Waals surface area contributed by atoms with Gasteiger partial charge >= 0.3 is 11.9 Å². The predicted molar refractivity (Wildman–Crippen MR) is 261 cm³/mol. The van der Waals surface area contributed by atoms with Crippen LogP contribution in [-0.2, 0) is 38.0 Å². The third-order valence-corrected chi connectivity index (χ3v) is 12.9. The van der Waals surface area contributed by atoms with E-state index >= 15 is 0 Å². The van der Waals surface area contributed by atoms with Gasteiger partial charge in [0.25, 0.3) is 0 Å². The first-order valence-corrected chi connectivity index (χ1v) is 26.9. The number of rotatable bonds is 42. The zero-order valence-electron chi connectivity index (χ0n) is 42.1. The second-order valence-corrected chi connectivity index (χ2v) is 19.0. The fourth-order valence-corrected chi connectivity index (χ4v) is 8.44. The van der Waals surface area contributed by atoms with Crippen LogP contribution in [0.1, 0.15) is 206 Å². The van der Waals surface area contributed by atoms with Gasteiger partial charge < -0.3 is 64.2 Å². The number of esters is 2. The highest BCUT2D eigenvalue weighted by atomic mass is 16.7. The van der Waals surface area contributed by atoms with Gasteiger partial charge in [0.05, 0.1) is 19.8 Å². The molecule has 15 heteroatoms. The maximum Gasteiger partial charge on any atom is 0.306 e. The summed E-state index contributed by atoms with van der Waals surface area (Å²) in [4.78, 5) is 25.8. The smallest absolute Gasteiger partial charge is 0.306 e. The lowest BCUT2D eigenvalue weighted by atomic mass is 9.98. The lowest BCUT2D eigenvalue weighted by Crippen LogP contribution is -2.61. The predicted octanol–water partition coefficient (Wildman–Crippen LogP) is 7.94. The summed E-state index contributed by atoms with van der Waals surface area (Å²) in [6.45, 7) is 2.58. The molecule has 0 aromatic rings. The summed E-state index contributed by atoms with van der Waals surface area (Å²) in [5.41, 5.74) is 0. The zero-order chi connectivity index (χ0) is 49.6. The number of ether oxygens (including phenoxy) is 6. The molecule has 7 N–H and O–H groups in total. The number of allylic oxidation sites excluding steroid dienone is 4. The summed E-state index contributed by atoms with van der Waals surface area (Å²) >= 11 is 0. The molecule has 4 unspecified atom stereocenters. The van der Waals surface area contributed by atoms with Gasteiger partial charge in [0.1, 0.15) is 55.4 Å². The Morgan fingerprint density at radius 1 is 0.456 bits per heavy atom. The standard InChI is InChI=1S/C53H96O15/c1-3-5-7-9-11-13-15-17-19-20-22-23-25-27-29-31-33-35-44(55)63-38-41(66-45(56)36-34-32-30-28-26-24-21-18-16-14-12-10-8-6-4-2)39-64-52-51(62)49(60)47(58)43(68-52)40-65-53-50(61)48(59)46(57)42(37-54)67-53/h13-16,41-43,46-54,57-62H,3-12,17-40H2,1-2H3/b15-13+,16-14+/t41-,42+,43+,46-,47-,48?,49?,50?,51?,52+,53+/m0/s1. The summed E-state index contributed by atoms with van der Waals surface area (Å²) in [6.07, 6.45) is 24.8. The number of aliphatic hydroxyl groups excluding tert-OH is 7. The Morgan fingerprint density at radius 3 is 1.29 bits per heavy atom. The summed E-state index contributed by atoms with van der Waals surface area (Å²) < 4.78 is 33.6. The van der Waals surface area contributed by atoms with Crippen molar-refractivity contribution in [2.24, 2.45) is 0 Å². The van der Waals surface area contributed by atoms with Crippen LogP contribution in [0.15, 0.2) is 24.3 Å². The van der Waals surface area contributed by atoms with Crippen molar-refractivity contribution >= 4 is 11.9 Å². The SMILES string of the molecule is CCCCCC/C=C/CCCCCCCCCCCC(=O)OC[C@@H](CO[C@@H]1O[C@H](CO[C@@H]2O[C@H](CO)[C@H](O)C(O)C2O)[C@H](O)C(O)C1O)OC(=O)CCCCCCCCC/C=C/CCCCCC. The second kappa shape index (κ2) is 40.6. The number of hydrogen-bond donors (Lipinski definition) is 7. The maximum absolute atomic E-state index is 13.0. The fourth-order valence-electron chi connectivity index (χ4n) is 8.44. The van der Waals surface area contributed by atoms with Crippen molar-refractivity contribution in [3.05, 3.63) is 24.3 Å². The molecule has 11 atom stereocenters. The van der Waals surface area contributed by atoms with Crippen molar-refractivity contribution in [3.63, 3.8) is 0 Å². The van der Waals surface area contributed by atoms with E-state index in [1.54, 1.807) is 0 Å². The van der Waals surface area contributed by atoms with Crippen LogP contribution in [0.5, 0.6) is 0 Å². The van der Waals surface area contributed by atoms with E-state index in [4.69, 9.17) is 28.4 Å². The zero-order valence-corrected chi connectivity index (χ0v) is 42.1. The van der Waals surface area contributed by atoms with Crippen molar-refractivity contribution < 1.29 is 73.8 Å². The van der Waals surface area contributed by atoms with Crippen molar-refractivity contribution in [2.45, 2.75) is 274 Å². The molecule has 0 aliphatic carbocycles. The summed E-state index contributed by atoms with van der Waals surface area (Å²) in [5.74, 6) is -0.926. The quantitative estimate of drug-likeness (QED) is 0.0175. The Balaban J connectivity index is 1.79. The molecule has 2 aliphatic heterocycles. The van der Waals surface area contributed by atoms with Crippen LogP contribution in [0, 0.1) is 0 Å². The van der Waals surface area contributed by atoms with E-state index in [9.17, 15) is 45.3 Å². The highest BCUT2D eigenvalue weighted by Crippen LogP contribution is 2.26. The molecule has 0 amide bonds. The Kier molecular flexibility index (Phi) is 37.0. The van der Waals surface area contributed by atoms with E-state index in [0.29, 0.717) is 12.8 Å². The molecular weight excluding hydrogens is 877 g/mol. The Labute approximate surface area is 409 Å². The molecule has 0 saturated carbocycles. The molecule has 2 aliphatic rings. The number of carbonyl (C=O) groups is 2. The third-order valence-electron chi connectivity index (χ3n) is 12.9. The van der Waals surface area contributed by atoms with Gasteiger partial charge in [0, 0.05) is 12.8 Å². The van der Waals surface area contributed by atoms with Crippen LogP contribution in [0.3, 0.4) is 0 Å². The van der Waals surface area contributed by atoms with Crippen molar-refractivity contribution in [1.82, 2.24) is 0 Å². The van der Waals surface area contributed by atoms with Gasteiger partial charge in [-0.05, 0) is 64.2 Å². The van der Waals surface area contributed by atoms with Gasteiger partial charge in [-0.2, -0.15) is 0 Å². The fraction of sp³-hybridized carbons (Fsp3) is 0.887. The molecule has 0 bridgehead atoms. The Morgan fingerprint density at radius 2 is 0.838 bits per heavy atom. The van der Waals surface area contributed by atoms with E-state index in [2.05, 4.69) is 38.2 Å². The lowest BCUT2D eigenvalue weighted by molar-refractivity contribution is -0.332. The molecule has 2 saturated heterocycles. The molecule has 398 valence electrons. The number of aliphatic hydroxyl groups is 7. The molecule has 2 fully saturated rings. The van der Waals surface area contributed by atoms with E-state index in [-0.39, 0.29) is 26.1 Å². The van der Waals surface area contributed by atoms with Crippen LogP contribution in [0.2, 0.25) is 0 Å². The molecule has 0 spiro atoms. The van der Waals surface area contributed by atoms with Gasteiger partial charge in [0.2, 0.25) is 0 Å². The first-order valence-electron chi connectivity index (χ1n) is 26.9. The highest BCUT2D eigenvalue weighted by Gasteiger charge is 2.47. The van der Waals surface area contributed by atoms with Crippen LogP contribution >= 0.6 is 0 Å². The van der Waals surface area contributed by atoms with Gasteiger partial charge in [-0.25, -0.2) is 0 Å². The van der Waals surface area contributed by atoms with Crippen LogP contribution in [-0.4, -0.2) is 142 Å². The molecule has 0 aromatic carbocycles. The van der Waals surface area contributed by atoms with Crippen LogP contribution in [0.4, 0.5) is 0 Å². The molecule has 2 rings (SSSR count). The van der Waals surface area contributed by atoms with Crippen molar-refractivity contribution in [2.75, 3.05) is 26.4 Å². The first kappa shape index (κ1) is 62.1. The summed E-state index contributed by atoms with van der Waals surface area (Å²) in [6, 6.07) is 0. The Bertz CT molecular complexity index is 1280. The molecular formula is C53H96O15. The van der Waals surface area contributed by atoms with Gasteiger partial charge in [-0.1, -0.05) is 154 Å². The topological polar surface area (TPSA) is 231 Å². The van der Waals surface area contributed by atoms with Crippen LogP contribution < -0.4 is 0 Å². The van der Waals surface area contributed by atoms with Crippen molar-refractivity contribution in [1.29, 1.82) is 0 Å². The highest BCUT2D eigenvalue weighted by molar-refractivity contribution is 5.70. The molecule has 0 radical (unpaired) electrons. The minimum atomic E-state index is -1.76. The minimum absolute atomic E-state index is 0.162. The van der Waals surface area contributed by atoms with Gasteiger partial charge in [0.15, 0.2) is 18.7 Å². The molecule has 0 aromatic heterocycles. The molecule has 2 heterocycles. The number of carbonyl (C=O) groups excluding carboxylic acids is 2. The number of hydrogen-bond acceptors (Lipinski definition) is 15. The van der Waals surface area contributed by atoms with Gasteiger partial charge in [-0.15, -0.1) is 0 Å². The van der Waals surface area contributed by atoms with Crippen molar-refractivity contribution in [3.8, 4) is 0 Å². The molecule has 68 heavy (non-hydrogen) atoms. The van der Waals surface area contributed by atoms with Crippen LogP contribution in [0.25, 0.3) is 0 Å². The largest absolute Gasteiger partial charge is 0.462 e. The van der Waals surface area contributed by atoms with E-state index in [1.807, 2.05) is 0 Å². The normalized spacial score (nSPS) is 25.9.